The van der Waals surface area contributed by atoms with Gasteiger partial charge in [0, 0.05) is 36.0 Å². The third-order valence-electron chi connectivity index (χ3n) is 5.68. The van der Waals surface area contributed by atoms with Crippen LogP contribution in [0.3, 0.4) is 0 Å². The Bertz CT molecular complexity index is 1220. The first kappa shape index (κ1) is 23.8. The van der Waals surface area contributed by atoms with Crippen LogP contribution in [0.4, 0.5) is 9.52 Å². The molecule has 1 fully saturated rings. The molecule has 6 nitrogen and oxygen atoms in total. The number of hydrogen-bond acceptors (Lipinski definition) is 7. The Balaban J connectivity index is 1.42. The van der Waals surface area contributed by atoms with Crippen LogP contribution in [-0.4, -0.2) is 46.0 Å². The molecule has 1 aromatic heterocycles. The van der Waals surface area contributed by atoms with Gasteiger partial charge in [-0.15, -0.1) is 11.3 Å². The van der Waals surface area contributed by atoms with Crippen LogP contribution < -0.4 is 14.4 Å². The van der Waals surface area contributed by atoms with Gasteiger partial charge in [0.1, 0.15) is 5.82 Å². The molecule has 0 amide bonds. The van der Waals surface area contributed by atoms with Gasteiger partial charge >= 0.3 is 0 Å². The first-order valence-corrected chi connectivity index (χ1v) is 13.2. The molecule has 3 aromatic rings. The molecule has 0 spiro atoms. The number of ether oxygens (including phenoxy) is 2. The van der Waals surface area contributed by atoms with Crippen molar-refractivity contribution in [3.8, 4) is 11.5 Å². The molecular formula is C23H24ClFN2O4S2. The number of aromatic nitrogens is 1. The minimum absolute atomic E-state index is 0.240. The van der Waals surface area contributed by atoms with Crippen molar-refractivity contribution in [2.24, 2.45) is 0 Å². The predicted molar refractivity (Wildman–Crippen MR) is 128 cm³/mol. The van der Waals surface area contributed by atoms with Crippen molar-refractivity contribution in [3.05, 3.63) is 63.9 Å². The molecule has 0 aliphatic carbocycles. The molecule has 0 N–H and O–H groups in total. The number of rotatable bonds is 7. The molecule has 33 heavy (non-hydrogen) atoms. The summed E-state index contributed by atoms with van der Waals surface area (Å²) in [6.07, 6.45) is 1.49. The van der Waals surface area contributed by atoms with Gasteiger partial charge in [0.15, 0.2) is 26.5 Å². The third kappa shape index (κ3) is 5.26. The molecule has 1 saturated heterocycles. The number of nitrogens with zero attached hydrogens (tertiary/aromatic N) is 2. The van der Waals surface area contributed by atoms with Gasteiger partial charge in [-0.2, -0.15) is 0 Å². The third-order valence-corrected chi connectivity index (χ3v) is 9.11. The van der Waals surface area contributed by atoms with E-state index in [0.29, 0.717) is 48.9 Å². The maximum absolute atomic E-state index is 13.6. The molecular weight excluding hydrogens is 487 g/mol. The summed E-state index contributed by atoms with van der Waals surface area (Å²) in [5, 5.41) is 2.68. The van der Waals surface area contributed by atoms with Crippen molar-refractivity contribution in [1.29, 1.82) is 0 Å². The Morgan fingerprint density at radius 2 is 1.85 bits per heavy atom. The van der Waals surface area contributed by atoms with E-state index in [1.54, 1.807) is 18.2 Å². The fraction of sp³-hybridized carbons (Fsp3) is 0.348. The van der Waals surface area contributed by atoms with E-state index in [2.05, 4.69) is 9.88 Å². The van der Waals surface area contributed by atoms with Crippen LogP contribution in [-0.2, 0) is 16.3 Å². The number of methoxy groups -OCH3 is 2. The Hall–Kier alpha value is -2.36. The van der Waals surface area contributed by atoms with Crippen LogP contribution in [0.15, 0.2) is 46.7 Å². The van der Waals surface area contributed by atoms with Crippen molar-refractivity contribution < 1.29 is 22.3 Å². The van der Waals surface area contributed by atoms with Crippen LogP contribution in [0, 0.1) is 5.82 Å². The quantitative estimate of drug-likeness (QED) is 0.446. The van der Waals surface area contributed by atoms with E-state index >= 15 is 0 Å². The zero-order valence-electron chi connectivity index (χ0n) is 18.3. The van der Waals surface area contributed by atoms with Gasteiger partial charge in [-0.05, 0) is 48.7 Å². The lowest BCUT2D eigenvalue weighted by Crippen LogP contribution is -2.39. The molecule has 10 heteroatoms. The molecule has 0 radical (unpaired) electrons. The Morgan fingerprint density at radius 1 is 1.12 bits per heavy atom. The minimum atomic E-state index is -3.50. The van der Waals surface area contributed by atoms with E-state index in [4.69, 9.17) is 21.1 Å². The summed E-state index contributed by atoms with van der Waals surface area (Å²) in [4.78, 5) is 7.02. The number of hydrogen-bond donors (Lipinski definition) is 0. The van der Waals surface area contributed by atoms with Gasteiger partial charge in [0.2, 0.25) is 0 Å². The summed E-state index contributed by atoms with van der Waals surface area (Å²) in [6, 6.07) is 9.16. The summed E-state index contributed by atoms with van der Waals surface area (Å²) in [5.41, 5.74) is 1.59. The zero-order valence-corrected chi connectivity index (χ0v) is 20.6. The lowest BCUT2D eigenvalue weighted by molar-refractivity contribution is 0.354. The Labute approximate surface area is 201 Å². The smallest absolute Gasteiger partial charge is 0.185 e. The highest BCUT2D eigenvalue weighted by Gasteiger charge is 2.32. The van der Waals surface area contributed by atoms with Crippen molar-refractivity contribution in [2.75, 3.05) is 32.2 Å². The predicted octanol–water partition coefficient (Wildman–Crippen LogP) is 4.99. The van der Waals surface area contributed by atoms with E-state index in [1.807, 2.05) is 5.38 Å². The molecule has 176 valence electrons. The SMILES string of the molecule is COc1ccc(S(=O)(=O)C2CCN(c3nc(Cc4cc(F)cc(Cl)c4)cs3)CC2)cc1OC. The van der Waals surface area contributed by atoms with Gasteiger partial charge in [-0.1, -0.05) is 11.6 Å². The maximum atomic E-state index is 13.6. The standard InChI is InChI=1S/C23H24ClFN2O4S2/c1-30-21-4-3-20(13-22(21)31-2)33(28,29)19-5-7-27(8-6-19)23-26-18(14-32-23)11-15-9-16(24)12-17(25)10-15/h3-4,9-10,12-14,19H,5-8,11H2,1-2H3. The lowest BCUT2D eigenvalue weighted by atomic mass is 10.1. The monoisotopic (exact) mass is 510 g/mol. The summed E-state index contributed by atoms with van der Waals surface area (Å²) >= 11 is 7.45. The molecule has 0 atom stereocenters. The van der Waals surface area contributed by atoms with Gasteiger partial charge in [0.05, 0.1) is 30.1 Å². The topological polar surface area (TPSA) is 68.7 Å². The summed E-state index contributed by atoms with van der Waals surface area (Å²) in [5.74, 6) is 0.517. The van der Waals surface area contributed by atoms with Crippen LogP contribution >= 0.6 is 22.9 Å². The van der Waals surface area contributed by atoms with Gasteiger partial charge < -0.3 is 14.4 Å². The van der Waals surface area contributed by atoms with Gasteiger partial charge in [-0.3, -0.25) is 0 Å². The Kier molecular flexibility index (Phi) is 7.11. The number of benzene rings is 2. The molecule has 2 aromatic carbocycles. The highest BCUT2D eigenvalue weighted by molar-refractivity contribution is 7.92. The zero-order chi connectivity index (χ0) is 23.6. The second kappa shape index (κ2) is 9.87. The van der Waals surface area contributed by atoms with Crippen molar-refractivity contribution >= 4 is 37.9 Å². The van der Waals surface area contributed by atoms with E-state index in [9.17, 15) is 12.8 Å². The summed E-state index contributed by atoms with van der Waals surface area (Å²) in [6.45, 7) is 1.19. The van der Waals surface area contributed by atoms with Crippen LogP contribution in [0.5, 0.6) is 11.5 Å². The van der Waals surface area contributed by atoms with E-state index < -0.39 is 15.1 Å². The van der Waals surface area contributed by atoms with E-state index in [-0.39, 0.29) is 10.7 Å². The highest BCUT2D eigenvalue weighted by atomic mass is 35.5. The van der Waals surface area contributed by atoms with Crippen molar-refractivity contribution in [1.82, 2.24) is 4.98 Å². The second-order valence-electron chi connectivity index (χ2n) is 7.82. The number of anilines is 1. The Morgan fingerprint density at radius 3 is 2.52 bits per heavy atom. The number of sulfone groups is 1. The van der Waals surface area contributed by atoms with Crippen LogP contribution in [0.1, 0.15) is 24.1 Å². The summed E-state index contributed by atoms with van der Waals surface area (Å²) < 4.78 is 50.4. The molecule has 0 saturated carbocycles. The molecule has 0 unspecified atom stereocenters. The van der Waals surface area contributed by atoms with Gasteiger partial charge in [0.25, 0.3) is 0 Å². The van der Waals surface area contributed by atoms with Crippen LogP contribution in [0.25, 0.3) is 0 Å². The average molecular weight is 511 g/mol. The molecule has 0 bridgehead atoms. The number of piperidine rings is 1. The first-order valence-electron chi connectivity index (χ1n) is 10.4. The van der Waals surface area contributed by atoms with E-state index in [1.165, 1.54) is 43.8 Å². The molecule has 2 heterocycles. The number of thiazole rings is 1. The lowest BCUT2D eigenvalue weighted by Gasteiger charge is -2.31. The van der Waals surface area contributed by atoms with Gasteiger partial charge in [-0.25, -0.2) is 17.8 Å². The van der Waals surface area contributed by atoms with E-state index in [0.717, 1.165) is 16.4 Å². The largest absolute Gasteiger partial charge is 0.493 e. The molecule has 1 aliphatic rings. The highest BCUT2D eigenvalue weighted by Crippen LogP contribution is 2.34. The second-order valence-corrected chi connectivity index (χ2v) is 11.3. The van der Waals surface area contributed by atoms with Crippen molar-refractivity contribution in [2.45, 2.75) is 29.4 Å². The van der Waals surface area contributed by atoms with Crippen LogP contribution in [0.2, 0.25) is 5.02 Å². The summed E-state index contributed by atoms with van der Waals surface area (Å²) in [7, 11) is -0.499. The maximum Gasteiger partial charge on any atom is 0.185 e. The number of halogens is 2. The fourth-order valence-corrected chi connectivity index (χ4v) is 6.86. The normalized spacial score (nSPS) is 15.0. The average Bonchev–Trinajstić information content (AvgIpc) is 3.26. The fourth-order valence-electron chi connectivity index (χ4n) is 3.99. The first-order chi connectivity index (χ1) is 15.8. The minimum Gasteiger partial charge on any atom is -0.493 e. The van der Waals surface area contributed by atoms with Crippen molar-refractivity contribution in [3.63, 3.8) is 0 Å². The molecule has 1 aliphatic heterocycles. The molecule has 4 rings (SSSR count).